The number of hydrogen-bond acceptors (Lipinski definition) is 3. The molecular formula is C58H109NO3. The van der Waals surface area contributed by atoms with Crippen molar-refractivity contribution in [1.82, 2.24) is 5.32 Å². The predicted molar refractivity (Wildman–Crippen MR) is 276 cm³/mol. The molecule has 1 amide bonds. The molecular weight excluding hydrogens is 759 g/mol. The van der Waals surface area contributed by atoms with Crippen LogP contribution in [-0.4, -0.2) is 34.9 Å². The second-order valence-corrected chi connectivity index (χ2v) is 19.0. The van der Waals surface area contributed by atoms with Crippen molar-refractivity contribution in [2.75, 3.05) is 6.61 Å². The minimum Gasteiger partial charge on any atom is -0.394 e. The van der Waals surface area contributed by atoms with E-state index in [4.69, 9.17) is 0 Å². The van der Waals surface area contributed by atoms with Crippen molar-refractivity contribution in [2.45, 2.75) is 309 Å². The van der Waals surface area contributed by atoms with E-state index in [9.17, 15) is 15.0 Å². The zero-order valence-electron chi connectivity index (χ0n) is 41.9. The van der Waals surface area contributed by atoms with E-state index >= 15 is 0 Å². The van der Waals surface area contributed by atoms with Gasteiger partial charge in [0.2, 0.25) is 5.91 Å². The number of unbranched alkanes of at least 4 members (excludes halogenated alkanes) is 38. The second-order valence-electron chi connectivity index (χ2n) is 19.0. The van der Waals surface area contributed by atoms with Gasteiger partial charge in [-0.15, -0.1) is 0 Å². The zero-order chi connectivity index (χ0) is 44.9. The Bertz CT molecular complexity index is 985. The molecule has 0 radical (unpaired) electrons. The molecule has 3 N–H and O–H groups in total. The molecule has 0 heterocycles. The number of nitrogens with one attached hydrogen (secondary N) is 1. The minimum absolute atomic E-state index is 0.0774. The Kier molecular flexibility index (Phi) is 52.3. The van der Waals surface area contributed by atoms with Gasteiger partial charge in [0.1, 0.15) is 0 Å². The Morgan fingerprint density at radius 3 is 0.935 bits per heavy atom. The smallest absolute Gasteiger partial charge is 0.220 e. The van der Waals surface area contributed by atoms with E-state index in [0.29, 0.717) is 6.42 Å². The predicted octanol–water partition coefficient (Wildman–Crippen LogP) is 18.3. The van der Waals surface area contributed by atoms with Gasteiger partial charge in [-0.05, 0) is 70.6 Å². The van der Waals surface area contributed by atoms with Crippen LogP contribution in [0.5, 0.6) is 0 Å². The third kappa shape index (κ3) is 49.4. The molecule has 0 rings (SSSR count). The Labute approximate surface area is 388 Å². The second kappa shape index (κ2) is 53.7. The number of aliphatic hydroxyl groups excluding tert-OH is 2. The van der Waals surface area contributed by atoms with Crippen LogP contribution < -0.4 is 5.32 Å². The normalized spacial score (nSPS) is 13.2. The van der Waals surface area contributed by atoms with Gasteiger partial charge in [0.25, 0.3) is 0 Å². The molecule has 2 unspecified atom stereocenters. The van der Waals surface area contributed by atoms with Gasteiger partial charge in [0.15, 0.2) is 0 Å². The van der Waals surface area contributed by atoms with Crippen molar-refractivity contribution < 1.29 is 15.0 Å². The standard InChI is InChI=1S/C58H109NO3/c1-3-5-7-9-11-13-15-17-19-21-23-25-27-29-31-33-35-37-39-41-43-45-47-49-51-53-57(61)56(55-60)59-58(62)54-52-50-48-46-44-42-40-38-36-34-32-30-28-26-24-22-20-18-16-14-12-10-8-6-4-2/h30,32,35,37,43,45,51,53,56-57,60-61H,3-29,31,33-34,36,38-42,44,46-50,52,54-55H2,1-2H3,(H,59,62)/b32-30-,37-35+,45-43+,53-51+. The van der Waals surface area contributed by atoms with Crippen molar-refractivity contribution in [1.29, 1.82) is 0 Å². The van der Waals surface area contributed by atoms with E-state index in [2.05, 4.69) is 55.6 Å². The van der Waals surface area contributed by atoms with Crippen LogP contribution in [0.1, 0.15) is 296 Å². The molecule has 0 saturated heterocycles. The summed E-state index contributed by atoms with van der Waals surface area (Å²) in [5.41, 5.74) is 0. The number of hydrogen-bond donors (Lipinski definition) is 3. The molecule has 0 aliphatic carbocycles. The van der Waals surface area contributed by atoms with E-state index in [1.165, 1.54) is 238 Å². The highest BCUT2D eigenvalue weighted by Crippen LogP contribution is 2.16. The molecule has 62 heavy (non-hydrogen) atoms. The summed E-state index contributed by atoms with van der Waals surface area (Å²) in [6.07, 6.45) is 74.1. The molecule has 0 saturated carbocycles. The molecule has 4 heteroatoms. The maximum absolute atomic E-state index is 12.5. The molecule has 0 aliphatic heterocycles. The summed E-state index contributed by atoms with van der Waals surface area (Å²) in [5, 5.41) is 23.1. The van der Waals surface area contributed by atoms with Crippen LogP contribution in [0.15, 0.2) is 48.6 Å². The maximum atomic E-state index is 12.5. The van der Waals surface area contributed by atoms with Crippen LogP contribution in [0.25, 0.3) is 0 Å². The molecule has 4 nitrogen and oxygen atoms in total. The Balaban J connectivity index is 3.56. The molecule has 0 fully saturated rings. The lowest BCUT2D eigenvalue weighted by Gasteiger charge is -2.19. The number of carbonyl (C=O) groups excluding carboxylic acids is 1. The molecule has 0 aromatic carbocycles. The van der Waals surface area contributed by atoms with Gasteiger partial charge in [-0.25, -0.2) is 0 Å². The van der Waals surface area contributed by atoms with Crippen LogP contribution in [0.2, 0.25) is 0 Å². The topological polar surface area (TPSA) is 69.6 Å². The monoisotopic (exact) mass is 868 g/mol. The third-order valence-corrected chi connectivity index (χ3v) is 12.8. The van der Waals surface area contributed by atoms with Crippen LogP contribution in [0, 0.1) is 0 Å². The lowest BCUT2D eigenvalue weighted by molar-refractivity contribution is -0.123. The molecule has 2 atom stereocenters. The van der Waals surface area contributed by atoms with Crippen molar-refractivity contribution in [3.63, 3.8) is 0 Å². The third-order valence-electron chi connectivity index (χ3n) is 12.8. The van der Waals surface area contributed by atoms with Crippen molar-refractivity contribution in [2.24, 2.45) is 0 Å². The number of aliphatic hydroxyl groups is 2. The fourth-order valence-electron chi connectivity index (χ4n) is 8.50. The van der Waals surface area contributed by atoms with E-state index in [-0.39, 0.29) is 12.5 Å². The van der Waals surface area contributed by atoms with Gasteiger partial charge in [-0.1, -0.05) is 268 Å². The first-order valence-electron chi connectivity index (χ1n) is 27.9. The Hall–Kier alpha value is -1.65. The van der Waals surface area contributed by atoms with Crippen LogP contribution in [-0.2, 0) is 4.79 Å². The summed E-state index contributed by atoms with van der Waals surface area (Å²) < 4.78 is 0. The average molecular weight is 869 g/mol. The lowest BCUT2D eigenvalue weighted by Crippen LogP contribution is -2.45. The highest BCUT2D eigenvalue weighted by molar-refractivity contribution is 5.76. The summed E-state index contributed by atoms with van der Waals surface area (Å²) >= 11 is 0. The van der Waals surface area contributed by atoms with Crippen molar-refractivity contribution >= 4 is 5.91 Å². The van der Waals surface area contributed by atoms with Crippen LogP contribution in [0.4, 0.5) is 0 Å². The number of rotatable bonds is 51. The SMILES string of the molecule is CCCCCCCCCCCCCC/C=C\CCCCCCCCCCCC(=O)NC(CO)C(O)/C=C/CC/C=C/CC/C=C/CCCCCCCCCCCCCCCCC. The minimum atomic E-state index is -0.873. The van der Waals surface area contributed by atoms with E-state index in [0.717, 1.165) is 38.5 Å². The van der Waals surface area contributed by atoms with Gasteiger partial charge in [-0.3, -0.25) is 4.79 Å². The fraction of sp³-hybridized carbons (Fsp3) is 0.845. The first-order valence-corrected chi connectivity index (χ1v) is 27.9. The summed E-state index contributed by atoms with van der Waals surface area (Å²) in [6.45, 7) is 4.32. The Morgan fingerprint density at radius 2 is 0.629 bits per heavy atom. The van der Waals surface area contributed by atoms with E-state index in [1.807, 2.05) is 6.08 Å². The number of carbonyl (C=O) groups is 1. The molecule has 0 bridgehead atoms. The number of amides is 1. The summed E-state index contributed by atoms with van der Waals surface area (Å²) in [5.74, 6) is -0.0774. The fourth-order valence-corrected chi connectivity index (χ4v) is 8.50. The van der Waals surface area contributed by atoms with Gasteiger partial charge in [0, 0.05) is 6.42 Å². The molecule has 364 valence electrons. The lowest BCUT2D eigenvalue weighted by atomic mass is 10.0. The maximum Gasteiger partial charge on any atom is 0.220 e. The summed E-state index contributed by atoms with van der Waals surface area (Å²) in [6, 6.07) is -0.648. The van der Waals surface area contributed by atoms with Crippen LogP contribution in [0.3, 0.4) is 0 Å². The molecule has 0 spiro atoms. The molecule has 0 aromatic rings. The quantitative estimate of drug-likeness (QED) is 0.0421. The van der Waals surface area contributed by atoms with Gasteiger partial charge in [-0.2, -0.15) is 0 Å². The Morgan fingerprint density at radius 1 is 0.371 bits per heavy atom. The average Bonchev–Trinajstić information content (AvgIpc) is 3.28. The van der Waals surface area contributed by atoms with E-state index < -0.39 is 12.1 Å². The van der Waals surface area contributed by atoms with Crippen LogP contribution >= 0.6 is 0 Å². The van der Waals surface area contributed by atoms with E-state index in [1.54, 1.807) is 6.08 Å². The van der Waals surface area contributed by atoms with Gasteiger partial charge >= 0.3 is 0 Å². The van der Waals surface area contributed by atoms with Crippen molar-refractivity contribution in [3.8, 4) is 0 Å². The highest BCUT2D eigenvalue weighted by Gasteiger charge is 2.18. The largest absolute Gasteiger partial charge is 0.394 e. The first-order chi connectivity index (χ1) is 30.7. The summed E-state index contributed by atoms with van der Waals surface area (Å²) in [7, 11) is 0. The number of allylic oxidation sites excluding steroid dienone is 7. The molecule has 0 aliphatic rings. The molecule has 0 aromatic heterocycles. The zero-order valence-corrected chi connectivity index (χ0v) is 41.9. The van der Waals surface area contributed by atoms with Crippen molar-refractivity contribution in [3.05, 3.63) is 48.6 Å². The van der Waals surface area contributed by atoms with Gasteiger partial charge in [0.05, 0.1) is 18.8 Å². The first kappa shape index (κ1) is 60.4. The highest BCUT2D eigenvalue weighted by atomic mass is 16.3. The summed E-state index contributed by atoms with van der Waals surface area (Å²) in [4.78, 5) is 12.5. The van der Waals surface area contributed by atoms with Gasteiger partial charge < -0.3 is 15.5 Å².